The minimum Gasteiger partial charge on any atom is -0.322 e. The fraction of sp³-hybridized carbons (Fsp3) is 0.222. The summed E-state index contributed by atoms with van der Waals surface area (Å²) < 4.78 is 25.2. The molecule has 8 heteroatoms. The number of nitrogens with one attached hydrogen (secondary N) is 1. The van der Waals surface area contributed by atoms with E-state index >= 15 is 0 Å². The first-order valence-electron chi connectivity index (χ1n) is 7.93. The highest BCUT2D eigenvalue weighted by atomic mass is 35.5. The van der Waals surface area contributed by atoms with Crippen LogP contribution in [0.3, 0.4) is 0 Å². The topological polar surface area (TPSA) is 83.6 Å². The molecule has 1 atom stereocenters. The van der Waals surface area contributed by atoms with Crippen molar-refractivity contribution >= 4 is 44.8 Å². The summed E-state index contributed by atoms with van der Waals surface area (Å²) in [5, 5.41) is 3.33. The fourth-order valence-electron chi connectivity index (χ4n) is 2.82. The quantitative estimate of drug-likeness (QED) is 0.869. The smallest absolute Gasteiger partial charge is 0.255 e. The minimum absolute atomic E-state index is 0.167. The van der Waals surface area contributed by atoms with Gasteiger partial charge in [0.2, 0.25) is 15.9 Å². The molecule has 2 amide bonds. The van der Waals surface area contributed by atoms with Crippen molar-refractivity contribution in [3.8, 4) is 0 Å². The summed E-state index contributed by atoms with van der Waals surface area (Å²) in [5.74, 6) is -1.73. The molecule has 1 heterocycles. The van der Waals surface area contributed by atoms with Crippen LogP contribution in [-0.2, 0) is 14.8 Å². The molecule has 3 rings (SSSR count). The molecule has 1 N–H and O–H groups in total. The van der Waals surface area contributed by atoms with Crippen LogP contribution in [0.5, 0.6) is 0 Å². The number of nitrogens with zero attached hydrogens (tertiary/aromatic N) is 1. The van der Waals surface area contributed by atoms with Gasteiger partial charge in [0, 0.05) is 16.3 Å². The summed E-state index contributed by atoms with van der Waals surface area (Å²) in [5.41, 5.74) is 1.82. The Morgan fingerprint density at radius 3 is 2.58 bits per heavy atom. The van der Waals surface area contributed by atoms with Gasteiger partial charge in [0.15, 0.2) is 0 Å². The maximum atomic E-state index is 12.5. The lowest BCUT2D eigenvalue weighted by Gasteiger charge is -2.16. The minimum atomic E-state index is -3.71. The van der Waals surface area contributed by atoms with Gasteiger partial charge in [-0.05, 0) is 48.9 Å². The molecule has 1 saturated heterocycles. The van der Waals surface area contributed by atoms with E-state index in [2.05, 4.69) is 5.32 Å². The van der Waals surface area contributed by atoms with Crippen LogP contribution in [0.15, 0.2) is 42.5 Å². The number of hydrogen-bond acceptors (Lipinski definition) is 4. The lowest BCUT2D eigenvalue weighted by molar-refractivity contribution is -0.119. The van der Waals surface area contributed by atoms with Crippen LogP contribution in [0.1, 0.15) is 22.8 Å². The number of rotatable bonds is 3. The van der Waals surface area contributed by atoms with Gasteiger partial charge in [0.25, 0.3) is 5.91 Å². The zero-order chi connectivity index (χ0) is 19.1. The lowest BCUT2D eigenvalue weighted by Crippen LogP contribution is -2.30. The molecular weight excluding hydrogens is 376 g/mol. The molecule has 26 heavy (non-hydrogen) atoms. The molecule has 6 nitrogen and oxygen atoms in total. The molecule has 0 aliphatic carbocycles. The number of anilines is 2. The molecule has 2 aromatic carbocycles. The fourth-order valence-corrected chi connectivity index (χ4v) is 4.86. The Bertz CT molecular complexity index is 1000. The predicted molar refractivity (Wildman–Crippen MR) is 101 cm³/mol. The summed E-state index contributed by atoms with van der Waals surface area (Å²) >= 11 is 5.91. The van der Waals surface area contributed by atoms with E-state index in [1.165, 1.54) is 12.1 Å². The van der Waals surface area contributed by atoms with Crippen LogP contribution in [0.25, 0.3) is 0 Å². The van der Waals surface area contributed by atoms with E-state index in [9.17, 15) is 18.0 Å². The maximum absolute atomic E-state index is 12.5. The van der Waals surface area contributed by atoms with E-state index in [0.29, 0.717) is 10.7 Å². The standard InChI is InChI=1S/C18H17ClN2O4S/c1-11-8-14(19)6-7-16(11)20-17(22)13-4-3-5-15(9-13)21-18(23)12(2)10-26(21,24)25/h3-9,12H,10H2,1-2H3,(H,20,22)/t12-/m0/s1. The van der Waals surface area contributed by atoms with Crippen molar-refractivity contribution in [3.05, 3.63) is 58.6 Å². The highest BCUT2D eigenvalue weighted by Crippen LogP contribution is 2.29. The summed E-state index contributed by atoms with van der Waals surface area (Å²) in [6.07, 6.45) is 0. The largest absolute Gasteiger partial charge is 0.322 e. The molecule has 0 unspecified atom stereocenters. The van der Waals surface area contributed by atoms with E-state index in [0.717, 1.165) is 9.87 Å². The number of sulfonamides is 1. The Hall–Kier alpha value is -2.38. The molecule has 0 radical (unpaired) electrons. The molecule has 0 bridgehead atoms. The van der Waals surface area contributed by atoms with Gasteiger partial charge in [-0.2, -0.15) is 0 Å². The van der Waals surface area contributed by atoms with E-state index in [1.54, 1.807) is 37.3 Å². The number of carbonyl (C=O) groups excluding carboxylic acids is 2. The molecule has 1 aliphatic rings. The van der Waals surface area contributed by atoms with Gasteiger partial charge in [0.05, 0.1) is 17.4 Å². The number of amides is 2. The van der Waals surface area contributed by atoms with E-state index in [1.807, 2.05) is 6.92 Å². The second-order valence-corrected chi connectivity index (χ2v) is 8.54. The van der Waals surface area contributed by atoms with Crippen molar-refractivity contribution in [2.24, 2.45) is 5.92 Å². The number of aryl methyl sites for hydroxylation is 1. The molecule has 1 fully saturated rings. The Morgan fingerprint density at radius 1 is 1.23 bits per heavy atom. The summed E-state index contributed by atoms with van der Waals surface area (Å²) in [7, 11) is -3.71. The molecule has 0 aromatic heterocycles. The number of benzene rings is 2. The van der Waals surface area contributed by atoms with Crippen LogP contribution < -0.4 is 9.62 Å². The van der Waals surface area contributed by atoms with Crippen LogP contribution >= 0.6 is 11.6 Å². The Kier molecular flexibility index (Phi) is 4.77. The molecule has 1 aliphatic heterocycles. The molecule has 136 valence electrons. The van der Waals surface area contributed by atoms with Gasteiger partial charge in [0.1, 0.15) is 0 Å². The summed E-state index contributed by atoms with van der Waals surface area (Å²) in [6.45, 7) is 3.38. The van der Waals surface area contributed by atoms with E-state index < -0.39 is 27.8 Å². The SMILES string of the molecule is Cc1cc(Cl)ccc1NC(=O)c1cccc(N2C(=O)[C@@H](C)CS2(=O)=O)c1. The van der Waals surface area contributed by atoms with Crippen molar-refractivity contribution in [2.75, 3.05) is 15.4 Å². The molecule has 2 aromatic rings. The highest BCUT2D eigenvalue weighted by Gasteiger charge is 2.42. The number of halogens is 1. The van der Waals surface area contributed by atoms with E-state index in [4.69, 9.17) is 11.6 Å². The van der Waals surface area contributed by atoms with Crippen molar-refractivity contribution in [3.63, 3.8) is 0 Å². The Labute approximate surface area is 156 Å². The molecule has 0 saturated carbocycles. The first-order chi connectivity index (χ1) is 12.2. The predicted octanol–water partition coefficient (Wildman–Crippen LogP) is 3.21. The number of hydrogen-bond donors (Lipinski definition) is 1. The van der Waals surface area contributed by atoms with Crippen LogP contribution in [0, 0.1) is 12.8 Å². The van der Waals surface area contributed by atoms with Crippen molar-refractivity contribution in [2.45, 2.75) is 13.8 Å². The van der Waals surface area contributed by atoms with Gasteiger partial charge in [-0.15, -0.1) is 0 Å². The van der Waals surface area contributed by atoms with Crippen LogP contribution in [-0.4, -0.2) is 26.0 Å². The van der Waals surface area contributed by atoms with Gasteiger partial charge < -0.3 is 5.32 Å². The second kappa shape index (κ2) is 6.74. The van der Waals surface area contributed by atoms with Gasteiger partial charge in [-0.3, -0.25) is 9.59 Å². The Morgan fingerprint density at radius 2 is 1.96 bits per heavy atom. The highest BCUT2D eigenvalue weighted by molar-refractivity contribution is 7.94. The maximum Gasteiger partial charge on any atom is 0.255 e. The average molecular weight is 393 g/mol. The average Bonchev–Trinajstić information content (AvgIpc) is 2.77. The third kappa shape index (κ3) is 3.45. The normalized spacial score (nSPS) is 18.8. The summed E-state index contributed by atoms with van der Waals surface area (Å²) in [6, 6.07) is 11.1. The van der Waals surface area contributed by atoms with Crippen molar-refractivity contribution < 1.29 is 18.0 Å². The molecule has 0 spiro atoms. The van der Waals surface area contributed by atoms with E-state index in [-0.39, 0.29) is 17.0 Å². The van der Waals surface area contributed by atoms with Crippen molar-refractivity contribution in [1.29, 1.82) is 0 Å². The zero-order valence-electron chi connectivity index (χ0n) is 14.2. The van der Waals surface area contributed by atoms with Crippen LogP contribution in [0.2, 0.25) is 5.02 Å². The van der Waals surface area contributed by atoms with Gasteiger partial charge in [-0.1, -0.05) is 24.6 Å². The second-order valence-electron chi connectivity index (χ2n) is 6.25. The number of carbonyl (C=O) groups is 2. The van der Waals surface area contributed by atoms with Crippen molar-refractivity contribution in [1.82, 2.24) is 0 Å². The molecular formula is C18H17ClN2O4S. The van der Waals surface area contributed by atoms with Gasteiger partial charge >= 0.3 is 0 Å². The zero-order valence-corrected chi connectivity index (χ0v) is 15.8. The van der Waals surface area contributed by atoms with Gasteiger partial charge in [-0.25, -0.2) is 12.7 Å². The first-order valence-corrected chi connectivity index (χ1v) is 9.92. The first kappa shape index (κ1) is 18.4. The summed E-state index contributed by atoms with van der Waals surface area (Å²) in [4.78, 5) is 24.7. The van der Waals surface area contributed by atoms with Crippen LogP contribution in [0.4, 0.5) is 11.4 Å². The Balaban J connectivity index is 1.90. The monoisotopic (exact) mass is 392 g/mol. The third-order valence-corrected chi connectivity index (χ3v) is 6.24. The third-order valence-electron chi connectivity index (χ3n) is 4.14. The lowest BCUT2D eigenvalue weighted by atomic mass is 10.1.